The molecule has 0 spiro atoms. The van der Waals surface area contributed by atoms with Gasteiger partial charge in [-0.1, -0.05) is 12.8 Å². The molecule has 1 heterocycles. The molecule has 0 aromatic rings. The number of nitrogens with zero attached hydrogens (tertiary/aromatic N) is 1. The van der Waals surface area contributed by atoms with Crippen molar-refractivity contribution in [1.29, 1.82) is 0 Å². The maximum Gasteiger partial charge on any atom is 0.317 e. The van der Waals surface area contributed by atoms with Crippen LogP contribution in [0, 0.1) is 5.92 Å². The van der Waals surface area contributed by atoms with E-state index in [2.05, 4.69) is 5.32 Å². The molecule has 1 unspecified atom stereocenters. The lowest BCUT2D eigenvalue weighted by Crippen LogP contribution is -2.55. The second-order valence-corrected chi connectivity index (χ2v) is 6.12. The number of carbonyl (C=O) groups is 2. The summed E-state index contributed by atoms with van der Waals surface area (Å²) < 4.78 is 0. The van der Waals surface area contributed by atoms with Crippen molar-refractivity contribution >= 4 is 12.0 Å². The molecule has 1 saturated carbocycles. The maximum atomic E-state index is 12.3. The average molecular weight is 284 g/mol. The smallest absolute Gasteiger partial charge is 0.317 e. The van der Waals surface area contributed by atoms with E-state index < -0.39 is 11.5 Å². The minimum Gasteiger partial charge on any atom is -0.481 e. The van der Waals surface area contributed by atoms with Crippen LogP contribution in [-0.4, -0.2) is 52.3 Å². The number of aliphatic hydroxyl groups is 1. The molecule has 6 nitrogen and oxygen atoms in total. The van der Waals surface area contributed by atoms with Gasteiger partial charge in [-0.3, -0.25) is 4.79 Å². The van der Waals surface area contributed by atoms with Gasteiger partial charge in [-0.25, -0.2) is 4.79 Å². The molecular weight excluding hydrogens is 260 g/mol. The van der Waals surface area contributed by atoms with E-state index in [9.17, 15) is 14.7 Å². The number of nitrogens with one attached hydrogen (secondary N) is 1. The van der Waals surface area contributed by atoms with E-state index in [-0.39, 0.29) is 25.0 Å². The van der Waals surface area contributed by atoms with E-state index in [1.54, 1.807) is 4.90 Å². The lowest BCUT2D eigenvalue weighted by Gasteiger charge is -2.36. The van der Waals surface area contributed by atoms with E-state index in [0.717, 1.165) is 38.5 Å². The first-order valence-electron chi connectivity index (χ1n) is 7.44. The van der Waals surface area contributed by atoms with E-state index in [1.807, 2.05) is 0 Å². The molecule has 114 valence electrons. The van der Waals surface area contributed by atoms with Crippen LogP contribution in [0.4, 0.5) is 4.79 Å². The molecule has 2 fully saturated rings. The summed E-state index contributed by atoms with van der Waals surface area (Å²) in [6, 6.07) is -0.175. The highest BCUT2D eigenvalue weighted by atomic mass is 16.4. The SMILES string of the molecule is O=C(O)CC1(NC(=O)N2CCCC(CO)C2)CCCC1. The van der Waals surface area contributed by atoms with Crippen LogP contribution < -0.4 is 5.32 Å². The minimum absolute atomic E-state index is 0.00396. The Morgan fingerprint density at radius 2 is 1.95 bits per heavy atom. The molecular formula is C14H24N2O4. The van der Waals surface area contributed by atoms with Crippen LogP contribution >= 0.6 is 0 Å². The van der Waals surface area contributed by atoms with Gasteiger partial charge < -0.3 is 20.4 Å². The summed E-state index contributed by atoms with van der Waals surface area (Å²) in [6.07, 6.45) is 5.24. The average Bonchev–Trinajstić information content (AvgIpc) is 2.86. The second-order valence-electron chi connectivity index (χ2n) is 6.12. The van der Waals surface area contributed by atoms with E-state index in [1.165, 1.54) is 0 Å². The van der Waals surface area contributed by atoms with Crippen molar-refractivity contribution in [3.05, 3.63) is 0 Å². The van der Waals surface area contributed by atoms with Gasteiger partial charge in [-0.05, 0) is 31.6 Å². The molecule has 2 rings (SSSR count). The zero-order valence-corrected chi connectivity index (χ0v) is 11.8. The number of carboxylic acid groups (broad SMARTS) is 1. The molecule has 0 radical (unpaired) electrons. The summed E-state index contributed by atoms with van der Waals surface area (Å²) in [6.45, 7) is 1.35. The highest BCUT2D eigenvalue weighted by Gasteiger charge is 2.38. The Morgan fingerprint density at radius 1 is 1.25 bits per heavy atom. The molecule has 0 bridgehead atoms. The maximum absolute atomic E-state index is 12.3. The zero-order chi connectivity index (χ0) is 14.6. The lowest BCUT2D eigenvalue weighted by molar-refractivity contribution is -0.138. The third-order valence-electron chi connectivity index (χ3n) is 4.49. The first kappa shape index (κ1) is 15.1. The molecule has 1 aliphatic carbocycles. The summed E-state index contributed by atoms with van der Waals surface area (Å²) in [5.41, 5.74) is -0.574. The molecule has 2 aliphatic rings. The highest BCUT2D eigenvalue weighted by Crippen LogP contribution is 2.33. The lowest BCUT2D eigenvalue weighted by atomic mass is 9.93. The summed E-state index contributed by atoms with van der Waals surface area (Å²) in [5.74, 6) is -0.715. The summed E-state index contributed by atoms with van der Waals surface area (Å²) in [7, 11) is 0. The summed E-state index contributed by atoms with van der Waals surface area (Å²) in [5, 5.41) is 21.2. The number of hydrogen-bond acceptors (Lipinski definition) is 3. The van der Waals surface area contributed by atoms with Gasteiger partial charge in [0, 0.05) is 19.7 Å². The molecule has 0 aromatic heterocycles. The number of likely N-dealkylation sites (tertiary alicyclic amines) is 1. The first-order chi connectivity index (χ1) is 9.54. The molecule has 0 aromatic carbocycles. The molecule has 1 saturated heterocycles. The molecule has 2 amide bonds. The fraction of sp³-hybridized carbons (Fsp3) is 0.857. The van der Waals surface area contributed by atoms with Crippen molar-refractivity contribution in [2.45, 2.75) is 50.5 Å². The van der Waals surface area contributed by atoms with Crippen molar-refractivity contribution in [1.82, 2.24) is 10.2 Å². The van der Waals surface area contributed by atoms with Crippen LogP contribution in [0.25, 0.3) is 0 Å². The van der Waals surface area contributed by atoms with Gasteiger partial charge in [0.15, 0.2) is 0 Å². The highest BCUT2D eigenvalue weighted by molar-refractivity contribution is 5.77. The Bertz CT molecular complexity index is 366. The Kier molecular flexibility index (Phi) is 4.86. The van der Waals surface area contributed by atoms with Gasteiger partial charge in [-0.2, -0.15) is 0 Å². The predicted molar refractivity (Wildman–Crippen MR) is 73.4 cm³/mol. The Labute approximate surface area is 119 Å². The van der Waals surface area contributed by atoms with Gasteiger partial charge in [0.05, 0.1) is 12.0 Å². The summed E-state index contributed by atoms with van der Waals surface area (Å²) in [4.78, 5) is 25.1. The predicted octanol–water partition coefficient (Wildman–Crippen LogP) is 1.19. The van der Waals surface area contributed by atoms with Gasteiger partial charge >= 0.3 is 12.0 Å². The minimum atomic E-state index is -0.862. The number of carbonyl (C=O) groups excluding carboxylic acids is 1. The van der Waals surface area contributed by atoms with Crippen LogP contribution in [0.15, 0.2) is 0 Å². The number of hydrogen-bond donors (Lipinski definition) is 3. The number of amides is 2. The Hall–Kier alpha value is -1.30. The van der Waals surface area contributed by atoms with E-state index in [0.29, 0.717) is 13.1 Å². The first-order valence-corrected chi connectivity index (χ1v) is 7.44. The number of rotatable bonds is 4. The fourth-order valence-electron chi connectivity index (χ4n) is 3.39. The third kappa shape index (κ3) is 3.62. The zero-order valence-electron chi connectivity index (χ0n) is 11.8. The van der Waals surface area contributed by atoms with Crippen LogP contribution in [0.1, 0.15) is 44.9 Å². The van der Waals surface area contributed by atoms with Gasteiger partial charge in [0.2, 0.25) is 0 Å². The fourth-order valence-corrected chi connectivity index (χ4v) is 3.39. The van der Waals surface area contributed by atoms with Gasteiger partial charge in [0.1, 0.15) is 0 Å². The summed E-state index contributed by atoms with van der Waals surface area (Å²) >= 11 is 0. The Balaban J connectivity index is 1.96. The van der Waals surface area contributed by atoms with Crippen molar-refractivity contribution < 1.29 is 19.8 Å². The second kappa shape index (κ2) is 6.43. The molecule has 6 heteroatoms. The van der Waals surface area contributed by atoms with Crippen molar-refractivity contribution in [2.24, 2.45) is 5.92 Å². The van der Waals surface area contributed by atoms with E-state index in [4.69, 9.17) is 5.11 Å². The third-order valence-corrected chi connectivity index (χ3v) is 4.49. The largest absolute Gasteiger partial charge is 0.481 e. The van der Waals surface area contributed by atoms with Crippen LogP contribution in [0.5, 0.6) is 0 Å². The van der Waals surface area contributed by atoms with Crippen LogP contribution in [-0.2, 0) is 4.79 Å². The topological polar surface area (TPSA) is 89.9 Å². The number of urea groups is 1. The van der Waals surface area contributed by atoms with Crippen molar-refractivity contribution in [3.63, 3.8) is 0 Å². The van der Waals surface area contributed by atoms with E-state index >= 15 is 0 Å². The molecule has 20 heavy (non-hydrogen) atoms. The number of carboxylic acids is 1. The number of aliphatic hydroxyl groups excluding tert-OH is 1. The van der Waals surface area contributed by atoms with Crippen LogP contribution in [0.2, 0.25) is 0 Å². The quantitative estimate of drug-likeness (QED) is 0.723. The number of aliphatic carboxylic acids is 1. The van der Waals surface area contributed by atoms with Crippen LogP contribution in [0.3, 0.4) is 0 Å². The van der Waals surface area contributed by atoms with Gasteiger partial charge in [0.25, 0.3) is 0 Å². The standard InChI is InChI=1S/C14H24N2O4/c17-10-11-4-3-7-16(9-11)13(20)15-14(8-12(18)19)5-1-2-6-14/h11,17H,1-10H2,(H,15,20)(H,18,19). The Morgan fingerprint density at radius 3 is 2.55 bits per heavy atom. The molecule has 1 aliphatic heterocycles. The molecule has 3 N–H and O–H groups in total. The number of piperidine rings is 1. The normalized spacial score (nSPS) is 25.4. The van der Waals surface area contributed by atoms with Gasteiger partial charge in [-0.15, -0.1) is 0 Å². The monoisotopic (exact) mass is 284 g/mol. The van der Waals surface area contributed by atoms with Crippen molar-refractivity contribution in [2.75, 3.05) is 19.7 Å². The molecule has 1 atom stereocenters. The van der Waals surface area contributed by atoms with Crippen molar-refractivity contribution in [3.8, 4) is 0 Å².